The van der Waals surface area contributed by atoms with Gasteiger partial charge in [-0.1, -0.05) is 26.8 Å². The Hall–Kier alpha value is -1.99. The smallest absolute Gasteiger partial charge is 0.479 e. The van der Waals surface area contributed by atoms with E-state index in [-0.39, 0.29) is 30.0 Å². The van der Waals surface area contributed by atoms with Crippen molar-refractivity contribution in [2.45, 2.75) is 121 Å². The van der Waals surface area contributed by atoms with Crippen molar-refractivity contribution >= 4 is 6.16 Å². The number of aliphatic hydroxyl groups is 1. The number of methoxy groups -OCH3 is 1. The zero-order valence-electron chi connectivity index (χ0n) is 33.4. The molecule has 2 spiro atoms. The molecule has 8 rings (SSSR count). The fourth-order valence-corrected chi connectivity index (χ4v) is 11.7. The minimum Gasteiger partial charge on any atom is -0.479 e. The molecule has 53 heavy (non-hydrogen) atoms. The van der Waals surface area contributed by atoms with Crippen molar-refractivity contribution in [3.8, 4) is 11.5 Å². The summed E-state index contributed by atoms with van der Waals surface area (Å²) in [6.07, 6.45) is 7.46. The van der Waals surface area contributed by atoms with Crippen LogP contribution in [0.4, 0.5) is 4.79 Å². The summed E-state index contributed by atoms with van der Waals surface area (Å²) in [4.78, 5) is 16.0. The van der Waals surface area contributed by atoms with Gasteiger partial charge in [0.05, 0.1) is 57.3 Å². The molecule has 0 amide bonds. The zero-order valence-corrected chi connectivity index (χ0v) is 33.4. The first-order chi connectivity index (χ1) is 25.3. The first-order valence-corrected chi connectivity index (χ1v) is 20.3. The van der Waals surface area contributed by atoms with E-state index in [4.69, 9.17) is 37.9 Å². The van der Waals surface area contributed by atoms with Crippen molar-refractivity contribution in [3.63, 3.8) is 0 Å². The second kappa shape index (κ2) is 14.8. The summed E-state index contributed by atoms with van der Waals surface area (Å²) in [5.74, 6) is 1.65. The van der Waals surface area contributed by atoms with E-state index in [0.29, 0.717) is 63.8 Å². The third-order valence-electron chi connectivity index (χ3n) is 14.7. The molecule has 5 aliphatic carbocycles. The molecule has 2 heterocycles. The molecule has 0 radical (unpaired) electrons. The van der Waals surface area contributed by atoms with Crippen LogP contribution in [0.5, 0.6) is 11.5 Å². The van der Waals surface area contributed by atoms with Crippen molar-refractivity contribution in [1.82, 2.24) is 4.90 Å². The maximum Gasteiger partial charge on any atom is 0.514 e. The molecule has 11 nitrogen and oxygen atoms in total. The largest absolute Gasteiger partial charge is 0.514 e. The van der Waals surface area contributed by atoms with Gasteiger partial charge in [0.2, 0.25) is 0 Å². The number of benzene rings is 1. The molecule has 1 aromatic carbocycles. The predicted molar refractivity (Wildman–Crippen MR) is 199 cm³/mol. The maximum atomic E-state index is 13.2. The molecule has 298 valence electrons. The number of nitrogens with zero attached hydrogens (tertiary/aromatic N) is 1. The van der Waals surface area contributed by atoms with E-state index in [1.807, 2.05) is 27.0 Å². The number of hydrogen-bond acceptors (Lipinski definition) is 11. The molecule has 4 bridgehead atoms. The van der Waals surface area contributed by atoms with Crippen LogP contribution in [0.2, 0.25) is 0 Å². The van der Waals surface area contributed by atoms with Crippen LogP contribution in [-0.2, 0) is 40.3 Å². The first-order valence-electron chi connectivity index (χ1n) is 20.3. The number of ether oxygens (including phenoxy) is 8. The van der Waals surface area contributed by atoms with E-state index >= 15 is 0 Å². The molecule has 1 aromatic rings. The molecule has 1 N–H and O–H groups in total. The SMILES string of the molecule is CCOCCOCCOCCOCCOC(=O)Oc1ccc2c3c1OC1(C)C4(OC)CCCC5(CC4C(C)(O)C(C)(C)C)C(C2)N(CC2CC2)CCC351. The zero-order chi connectivity index (χ0) is 37.7. The predicted octanol–water partition coefficient (Wildman–Crippen LogP) is 6.09. The van der Waals surface area contributed by atoms with Crippen molar-refractivity contribution in [2.75, 3.05) is 79.7 Å². The standard InChI is InChI=1S/C42H65NO10/c1-8-47-18-19-48-20-21-49-22-23-50-24-25-51-36(44)52-31-13-12-30-26-33-40-14-9-15-42(46-7,32(27-40)38(5,45)37(2,3)4)39(6)41(40,34(30)35(31)53-39)16-17-43(33)28-29-10-11-29/h12-13,29,32-33,45H,8-11,14-28H2,1-7H3. The van der Waals surface area contributed by atoms with Crippen molar-refractivity contribution in [3.05, 3.63) is 23.3 Å². The van der Waals surface area contributed by atoms with Crippen molar-refractivity contribution in [1.29, 1.82) is 0 Å². The Labute approximate surface area is 316 Å². The van der Waals surface area contributed by atoms with Gasteiger partial charge in [0.1, 0.15) is 17.8 Å². The highest BCUT2D eigenvalue weighted by atomic mass is 16.7. The van der Waals surface area contributed by atoms with Crippen LogP contribution >= 0.6 is 0 Å². The second-order valence-electron chi connectivity index (χ2n) is 17.9. The molecule has 5 fully saturated rings. The number of likely N-dealkylation sites (tertiary alicyclic amines) is 1. The lowest BCUT2D eigenvalue weighted by molar-refractivity contribution is -0.305. The van der Waals surface area contributed by atoms with Crippen molar-refractivity contribution in [2.24, 2.45) is 22.7 Å². The molecule has 0 aromatic heterocycles. The molecule has 4 saturated carbocycles. The highest BCUT2D eigenvalue weighted by Crippen LogP contribution is 2.80. The molecular weight excluding hydrogens is 678 g/mol. The first kappa shape index (κ1) is 39.3. The van der Waals surface area contributed by atoms with Gasteiger partial charge in [-0.2, -0.15) is 0 Å². The summed E-state index contributed by atoms with van der Waals surface area (Å²) in [7, 11) is 1.82. The molecule has 7 unspecified atom stereocenters. The Bertz CT molecular complexity index is 1470. The summed E-state index contributed by atoms with van der Waals surface area (Å²) >= 11 is 0. The van der Waals surface area contributed by atoms with Gasteiger partial charge in [-0.05, 0) is 102 Å². The van der Waals surface area contributed by atoms with E-state index < -0.39 is 28.4 Å². The molecule has 7 aliphatic rings. The van der Waals surface area contributed by atoms with E-state index in [1.54, 1.807) is 0 Å². The van der Waals surface area contributed by atoms with Gasteiger partial charge < -0.3 is 43.0 Å². The quantitative estimate of drug-likeness (QED) is 0.107. The van der Waals surface area contributed by atoms with Crippen LogP contribution in [0, 0.1) is 22.7 Å². The number of fused-ring (bicyclic) bond motifs is 3. The summed E-state index contributed by atoms with van der Waals surface area (Å²) in [6, 6.07) is 4.39. The monoisotopic (exact) mass is 743 g/mol. The van der Waals surface area contributed by atoms with Crippen LogP contribution in [0.15, 0.2) is 12.1 Å². The Morgan fingerprint density at radius 1 is 0.943 bits per heavy atom. The molecule has 1 saturated heterocycles. The summed E-state index contributed by atoms with van der Waals surface area (Å²) in [6.45, 7) is 18.7. The highest BCUT2D eigenvalue weighted by Gasteiger charge is 2.85. The van der Waals surface area contributed by atoms with Gasteiger partial charge in [-0.15, -0.1) is 0 Å². The number of carbonyl (C=O) groups excluding carboxylic acids is 1. The molecule has 2 aliphatic heterocycles. The van der Waals surface area contributed by atoms with Gasteiger partial charge in [0, 0.05) is 43.2 Å². The second-order valence-corrected chi connectivity index (χ2v) is 17.9. The van der Waals surface area contributed by atoms with Gasteiger partial charge in [0.25, 0.3) is 0 Å². The minimum absolute atomic E-state index is 0.0557. The summed E-state index contributed by atoms with van der Waals surface area (Å²) in [5, 5.41) is 12.7. The van der Waals surface area contributed by atoms with Gasteiger partial charge >= 0.3 is 6.16 Å². The third-order valence-corrected chi connectivity index (χ3v) is 14.7. The average Bonchev–Trinajstić information content (AvgIpc) is 3.92. The Morgan fingerprint density at radius 3 is 2.23 bits per heavy atom. The number of piperidine rings is 1. The van der Waals surface area contributed by atoms with Crippen LogP contribution in [0.25, 0.3) is 0 Å². The third kappa shape index (κ3) is 6.23. The van der Waals surface area contributed by atoms with E-state index in [1.165, 1.54) is 24.0 Å². The fraction of sp³-hybridized carbons (Fsp3) is 0.833. The van der Waals surface area contributed by atoms with Gasteiger partial charge in [0.15, 0.2) is 11.5 Å². The van der Waals surface area contributed by atoms with E-state index in [9.17, 15) is 9.90 Å². The Balaban J connectivity index is 1.10. The van der Waals surface area contributed by atoms with E-state index in [2.05, 4.69) is 38.7 Å². The van der Waals surface area contributed by atoms with Crippen molar-refractivity contribution < 1.29 is 47.8 Å². The van der Waals surface area contributed by atoms with Crippen LogP contribution in [0.3, 0.4) is 0 Å². The van der Waals surface area contributed by atoms with Gasteiger partial charge in [-0.25, -0.2) is 4.79 Å². The lowest BCUT2D eigenvalue weighted by Crippen LogP contribution is -2.83. The normalized spacial score (nSPS) is 33.9. The van der Waals surface area contributed by atoms with Crippen LogP contribution < -0.4 is 9.47 Å². The van der Waals surface area contributed by atoms with Gasteiger partial charge in [-0.3, -0.25) is 4.90 Å². The number of rotatable bonds is 18. The molecule has 7 atom stereocenters. The number of hydrogen-bond donors (Lipinski definition) is 1. The average molecular weight is 744 g/mol. The molecule has 11 heteroatoms. The minimum atomic E-state index is -1.03. The lowest BCUT2D eigenvalue weighted by Gasteiger charge is -2.73. The fourth-order valence-electron chi connectivity index (χ4n) is 11.7. The van der Waals surface area contributed by atoms with Crippen LogP contribution in [0.1, 0.15) is 97.6 Å². The Kier molecular flexibility index (Phi) is 11.0. The number of carbonyl (C=O) groups is 1. The highest BCUT2D eigenvalue weighted by molar-refractivity contribution is 5.70. The maximum absolute atomic E-state index is 13.2. The summed E-state index contributed by atoms with van der Waals surface area (Å²) in [5.41, 5.74) is -1.01. The van der Waals surface area contributed by atoms with E-state index in [0.717, 1.165) is 57.5 Å². The topological polar surface area (TPSA) is 114 Å². The summed E-state index contributed by atoms with van der Waals surface area (Å²) < 4.78 is 47.6. The Morgan fingerprint density at radius 2 is 1.60 bits per heavy atom. The lowest BCUT2D eigenvalue weighted by atomic mass is 9.35. The van der Waals surface area contributed by atoms with Crippen LogP contribution in [-0.4, -0.2) is 119 Å². The molecular formula is C42H65NO10.